The molecule has 1 atom stereocenters. The van der Waals surface area contributed by atoms with Gasteiger partial charge in [-0.1, -0.05) is 54.6 Å². The van der Waals surface area contributed by atoms with Gasteiger partial charge in [0.15, 0.2) is 9.84 Å². The topological polar surface area (TPSA) is 71.1 Å². The zero-order chi connectivity index (χ0) is 23.6. The second-order valence-electron chi connectivity index (χ2n) is 8.68. The number of nitrogens with zero attached hydrogens (tertiary/aromatic N) is 1. The second kappa shape index (κ2) is 9.16. The fourth-order valence-corrected chi connectivity index (χ4v) is 7.00. The van der Waals surface area contributed by atoms with Crippen molar-refractivity contribution in [3.8, 4) is 0 Å². The molecule has 1 unspecified atom stereocenters. The first-order valence-corrected chi connectivity index (χ1v) is 12.9. The molecule has 0 bridgehead atoms. The predicted molar refractivity (Wildman–Crippen MR) is 133 cm³/mol. The lowest BCUT2D eigenvalue weighted by molar-refractivity contribution is 0.301. The molecule has 0 aliphatic carbocycles. The second-order valence-corrected chi connectivity index (χ2v) is 10.7. The van der Waals surface area contributed by atoms with Crippen molar-refractivity contribution in [2.24, 2.45) is 0 Å². The molecule has 34 heavy (non-hydrogen) atoms. The van der Waals surface area contributed by atoms with E-state index >= 15 is 0 Å². The van der Waals surface area contributed by atoms with Crippen molar-refractivity contribution in [2.75, 3.05) is 18.4 Å². The summed E-state index contributed by atoms with van der Waals surface area (Å²) in [7, 11) is -3.94. The van der Waals surface area contributed by atoms with E-state index in [0.29, 0.717) is 31.7 Å². The lowest BCUT2D eigenvalue weighted by Crippen LogP contribution is -2.54. The maximum atomic E-state index is 14.2. The van der Waals surface area contributed by atoms with Gasteiger partial charge in [-0.05, 0) is 67.2 Å². The summed E-state index contributed by atoms with van der Waals surface area (Å²) in [5.41, 5.74) is 0.248. The number of hydrogen-bond acceptors (Lipinski definition) is 5. The maximum absolute atomic E-state index is 14.2. The van der Waals surface area contributed by atoms with Crippen LogP contribution in [0.3, 0.4) is 0 Å². The minimum atomic E-state index is -3.94. The third-order valence-corrected chi connectivity index (χ3v) is 8.86. The monoisotopic (exact) mass is 475 g/mol. The average Bonchev–Trinajstić information content (AvgIpc) is 2.88. The third-order valence-electron chi connectivity index (χ3n) is 6.74. The van der Waals surface area contributed by atoms with Crippen LogP contribution in [0.25, 0.3) is 10.8 Å². The SMILES string of the molecule is O=S(=O)(c1ccc(F)cc1)C(Nc1nccc2ccccc12)C1(c2ccccc2)CCNCC1. The molecule has 4 aromatic rings. The van der Waals surface area contributed by atoms with E-state index in [9.17, 15) is 12.8 Å². The summed E-state index contributed by atoms with van der Waals surface area (Å²) in [6.07, 6.45) is 2.93. The molecule has 1 fully saturated rings. The molecule has 1 saturated heterocycles. The van der Waals surface area contributed by atoms with E-state index in [2.05, 4.69) is 15.6 Å². The Labute approximate surface area is 199 Å². The van der Waals surface area contributed by atoms with Crippen LogP contribution in [0.15, 0.2) is 96.0 Å². The normalized spacial score (nSPS) is 16.7. The van der Waals surface area contributed by atoms with Crippen LogP contribution in [0.4, 0.5) is 10.2 Å². The Morgan fingerprint density at radius 1 is 0.882 bits per heavy atom. The van der Waals surface area contributed by atoms with Crippen LogP contribution in [-0.2, 0) is 15.3 Å². The molecule has 2 N–H and O–H groups in total. The predicted octanol–water partition coefficient (Wildman–Crippen LogP) is 4.91. The van der Waals surface area contributed by atoms with E-state index in [1.807, 2.05) is 60.7 Å². The average molecular weight is 476 g/mol. The Morgan fingerprint density at radius 3 is 2.29 bits per heavy atom. The van der Waals surface area contributed by atoms with E-state index in [4.69, 9.17) is 0 Å². The van der Waals surface area contributed by atoms with Gasteiger partial charge in [0.1, 0.15) is 17.0 Å². The minimum Gasteiger partial charge on any atom is -0.352 e. The van der Waals surface area contributed by atoms with Gasteiger partial charge in [0.2, 0.25) is 0 Å². The van der Waals surface area contributed by atoms with Gasteiger partial charge in [0, 0.05) is 17.0 Å². The number of hydrogen-bond donors (Lipinski definition) is 2. The summed E-state index contributed by atoms with van der Waals surface area (Å²) in [4.78, 5) is 4.62. The summed E-state index contributed by atoms with van der Waals surface area (Å²) in [5, 5.41) is 7.54. The number of fused-ring (bicyclic) bond motifs is 1. The van der Waals surface area contributed by atoms with Gasteiger partial charge < -0.3 is 10.6 Å². The van der Waals surface area contributed by atoms with Crippen LogP contribution < -0.4 is 10.6 Å². The van der Waals surface area contributed by atoms with Gasteiger partial charge in [-0.25, -0.2) is 17.8 Å². The number of piperidine rings is 1. The number of nitrogens with one attached hydrogen (secondary N) is 2. The van der Waals surface area contributed by atoms with Gasteiger partial charge in [-0.3, -0.25) is 0 Å². The zero-order valence-corrected chi connectivity index (χ0v) is 19.4. The van der Waals surface area contributed by atoms with Gasteiger partial charge in [-0.2, -0.15) is 0 Å². The van der Waals surface area contributed by atoms with Crippen LogP contribution in [0.5, 0.6) is 0 Å². The van der Waals surface area contributed by atoms with Crippen LogP contribution >= 0.6 is 0 Å². The first-order chi connectivity index (χ1) is 16.5. The molecule has 1 aliphatic heterocycles. The van der Waals surface area contributed by atoms with Crippen molar-refractivity contribution < 1.29 is 12.8 Å². The van der Waals surface area contributed by atoms with Crippen molar-refractivity contribution in [3.05, 3.63) is 103 Å². The summed E-state index contributed by atoms with van der Waals surface area (Å²) in [5.74, 6) is 0.0430. The third kappa shape index (κ3) is 4.06. The summed E-state index contributed by atoms with van der Waals surface area (Å²) in [6, 6.07) is 24.5. The van der Waals surface area contributed by atoms with E-state index in [0.717, 1.165) is 16.3 Å². The Hall–Kier alpha value is -3.29. The Kier molecular flexibility index (Phi) is 6.06. The first-order valence-electron chi connectivity index (χ1n) is 11.4. The lowest BCUT2D eigenvalue weighted by atomic mass is 9.72. The fourth-order valence-electron chi connectivity index (χ4n) is 4.98. The van der Waals surface area contributed by atoms with E-state index in [1.54, 1.807) is 6.20 Å². The fraction of sp³-hybridized carbons (Fsp3) is 0.222. The van der Waals surface area contributed by atoms with Gasteiger partial charge in [-0.15, -0.1) is 0 Å². The quantitative estimate of drug-likeness (QED) is 0.388. The molecule has 0 spiro atoms. The Morgan fingerprint density at radius 2 is 1.56 bits per heavy atom. The molecule has 2 heterocycles. The highest BCUT2D eigenvalue weighted by molar-refractivity contribution is 7.92. The largest absolute Gasteiger partial charge is 0.352 e. The van der Waals surface area contributed by atoms with E-state index in [-0.39, 0.29) is 4.90 Å². The standard InChI is InChI=1S/C27H26FN3O2S/c28-22-10-12-23(13-11-22)34(32,33)26(31-25-24-9-5-4-6-20(24)14-17-30-25)27(15-18-29-19-16-27)21-7-2-1-3-8-21/h1-14,17,26,29H,15-16,18-19H2,(H,30,31). The van der Waals surface area contributed by atoms with Crippen LogP contribution in [-0.4, -0.2) is 31.9 Å². The molecule has 1 aliphatic rings. The van der Waals surface area contributed by atoms with Gasteiger partial charge >= 0.3 is 0 Å². The molecule has 5 nitrogen and oxygen atoms in total. The molecular weight excluding hydrogens is 449 g/mol. The van der Waals surface area contributed by atoms with Crippen molar-refractivity contribution in [2.45, 2.75) is 28.5 Å². The smallest absolute Gasteiger partial charge is 0.200 e. The number of sulfone groups is 1. The van der Waals surface area contributed by atoms with Crippen molar-refractivity contribution >= 4 is 26.4 Å². The minimum absolute atomic E-state index is 0.0838. The van der Waals surface area contributed by atoms with Crippen molar-refractivity contribution in [1.29, 1.82) is 0 Å². The highest BCUT2D eigenvalue weighted by Crippen LogP contribution is 2.42. The van der Waals surface area contributed by atoms with Crippen LogP contribution in [0, 0.1) is 5.82 Å². The number of pyridine rings is 1. The molecular formula is C27H26FN3O2S. The van der Waals surface area contributed by atoms with Gasteiger partial charge in [0.25, 0.3) is 0 Å². The number of aromatic nitrogens is 1. The molecule has 3 aromatic carbocycles. The van der Waals surface area contributed by atoms with Crippen LogP contribution in [0.2, 0.25) is 0 Å². The van der Waals surface area contributed by atoms with Crippen molar-refractivity contribution in [1.82, 2.24) is 10.3 Å². The molecule has 5 rings (SSSR count). The van der Waals surface area contributed by atoms with E-state index < -0.39 is 26.4 Å². The van der Waals surface area contributed by atoms with Crippen molar-refractivity contribution in [3.63, 3.8) is 0 Å². The summed E-state index contributed by atoms with van der Waals surface area (Å²) < 4.78 is 42.1. The van der Waals surface area contributed by atoms with Crippen LogP contribution in [0.1, 0.15) is 18.4 Å². The molecule has 0 saturated carbocycles. The first kappa shape index (κ1) is 22.5. The lowest BCUT2D eigenvalue weighted by Gasteiger charge is -2.44. The maximum Gasteiger partial charge on any atom is 0.200 e. The number of benzene rings is 3. The Bertz CT molecular complexity index is 1380. The molecule has 1 aromatic heterocycles. The molecule has 174 valence electrons. The Balaban J connectivity index is 1.71. The van der Waals surface area contributed by atoms with E-state index in [1.165, 1.54) is 24.3 Å². The summed E-state index contributed by atoms with van der Waals surface area (Å²) >= 11 is 0. The molecule has 0 amide bonds. The molecule has 7 heteroatoms. The molecule has 0 radical (unpaired) electrons. The van der Waals surface area contributed by atoms with Gasteiger partial charge in [0.05, 0.1) is 4.90 Å². The number of rotatable bonds is 6. The number of anilines is 1. The number of halogens is 1. The summed E-state index contributed by atoms with van der Waals surface area (Å²) in [6.45, 7) is 1.38. The zero-order valence-electron chi connectivity index (χ0n) is 18.6. The highest BCUT2D eigenvalue weighted by Gasteiger charge is 2.49. The highest BCUT2D eigenvalue weighted by atomic mass is 32.2.